The molecule has 1 aliphatic carbocycles. The van der Waals surface area contributed by atoms with Crippen LogP contribution in [0.3, 0.4) is 0 Å². The van der Waals surface area contributed by atoms with E-state index in [2.05, 4.69) is 20.8 Å². The van der Waals surface area contributed by atoms with Crippen molar-refractivity contribution in [3.63, 3.8) is 0 Å². The minimum absolute atomic E-state index is 0.231. The van der Waals surface area contributed by atoms with E-state index in [0.717, 1.165) is 11.8 Å². The first-order chi connectivity index (χ1) is 7.16. The predicted molar refractivity (Wildman–Crippen MR) is 65.8 cm³/mol. The monoisotopic (exact) mass is 212 g/mol. The van der Waals surface area contributed by atoms with Gasteiger partial charge >= 0.3 is 0 Å². The van der Waals surface area contributed by atoms with Gasteiger partial charge in [0.15, 0.2) is 0 Å². The number of aliphatic hydroxyl groups is 1. The molecule has 1 heteroatoms. The molecule has 1 rings (SSSR count). The van der Waals surface area contributed by atoms with Crippen LogP contribution in [0.4, 0.5) is 0 Å². The molecule has 1 nitrogen and oxygen atoms in total. The van der Waals surface area contributed by atoms with Crippen molar-refractivity contribution in [3.05, 3.63) is 0 Å². The summed E-state index contributed by atoms with van der Waals surface area (Å²) in [5.74, 6) is 1.65. The molecule has 0 heterocycles. The number of rotatable bonds is 8. The van der Waals surface area contributed by atoms with Crippen molar-refractivity contribution in [2.45, 2.75) is 65.7 Å². The van der Waals surface area contributed by atoms with Crippen LogP contribution in [0.25, 0.3) is 0 Å². The minimum Gasteiger partial charge on any atom is -0.396 e. The highest BCUT2D eigenvalue weighted by Gasteiger charge is 2.41. The third-order valence-corrected chi connectivity index (χ3v) is 4.22. The Hall–Kier alpha value is -0.0400. The van der Waals surface area contributed by atoms with E-state index in [1.807, 2.05) is 0 Å². The standard InChI is InChI=1S/C14H28O/c1-4-6-7-12(5-2)10-14(3,11-15)13-8-9-13/h12-13,15H,4-11H2,1-3H3. The maximum absolute atomic E-state index is 9.57. The van der Waals surface area contributed by atoms with E-state index in [-0.39, 0.29) is 5.41 Å². The van der Waals surface area contributed by atoms with Crippen LogP contribution in [-0.2, 0) is 0 Å². The molecule has 0 spiro atoms. The maximum Gasteiger partial charge on any atom is 0.0487 e. The van der Waals surface area contributed by atoms with Crippen LogP contribution in [0.5, 0.6) is 0 Å². The van der Waals surface area contributed by atoms with Gasteiger partial charge in [-0.25, -0.2) is 0 Å². The lowest BCUT2D eigenvalue weighted by Gasteiger charge is -2.31. The highest BCUT2D eigenvalue weighted by atomic mass is 16.3. The van der Waals surface area contributed by atoms with Crippen molar-refractivity contribution >= 4 is 0 Å². The molecule has 15 heavy (non-hydrogen) atoms. The first-order valence-electron chi connectivity index (χ1n) is 6.77. The van der Waals surface area contributed by atoms with E-state index in [0.29, 0.717) is 6.61 Å². The van der Waals surface area contributed by atoms with Gasteiger partial charge in [0.05, 0.1) is 0 Å². The Morgan fingerprint density at radius 2 is 2.00 bits per heavy atom. The van der Waals surface area contributed by atoms with Gasteiger partial charge in [0.25, 0.3) is 0 Å². The second kappa shape index (κ2) is 5.89. The fourth-order valence-corrected chi connectivity index (χ4v) is 2.74. The molecule has 1 aliphatic rings. The predicted octanol–water partition coefficient (Wildman–Crippen LogP) is 4.00. The van der Waals surface area contributed by atoms with E-state index in [9.17, 15) is 5.11 Å². The Bertz CT molecular complexity index is 174. The van der Waals surface area contributed by atoms with Crippen LogP contribution in [0.2, 0.25) is 0 Å². The molecule has 1 fully saturated rings. The molecular formula is C14H28O. The fourth-order valence-electron chi connectivity index (χ4n) is 2.74. The lowest BCUT2D eigenvalue weighted by molar-refractivity contribution is 0.0871. The lowest BCUT2D eigenvalue weighted by Crippen LogP contribution is -2.27. The summed E-state index contributed by atoms with van der Waals surface area (Å²) in [6.07, 6.45) is 9.23. The molecule has 2 atom stereocenters. The Morgan fingerprint density at radius 3 is 2.40 bits per heavy atom. The van der Waals surface area contributed by atoms with Crippen LogP contribution >= 0.6 is 0 Å². The first-order valence-corrected chi connectivity index (χ1v) is 6.77. The van der Waals surface area contributed by atoms with Crippen molar-refractivity contribution in [1.82, 2.24) is 0 Å². The van der Waals surface area contributed by atoms with Gasteiger partial charge in [-0.15, -0.1) is 0 Å². The molecule has 0 aromatic rings. The Morgan fingerprint density at radius 1 is 1.33 bits per heavy atom. The molecular weight excluding hydrogens is 184 g/mol. The van der Waals surface area contributed by atoms with E-state index >= 15 is 0 Å². The zero-order chi connectivity index (χ0) is 11.3. The van der Waals surface area contributed by atoms with Crippen molar-refractivity contribution in [2.24, 2.45) is 17.3 Å². The average Bonchev–Trinajstić information content (AvgIpc) is 3.07. The molecule has 0 aromatic heterocycles. The van der Waals surface area contributed by atoms with E-state index in [1.54, 1.807) is 0 Å². The Labute approximate surface area is 95.3 Å². The van der Waals surface area contributed by atoms with Gasteiger partial charge in [0.2, 0.25) is 0 Å². The number of hydrogen-bond donors (Lipinski definition) is 1. The highest BCUT2D eigenvalue weighted by Crippen LogP contribution is 2.49. The second-order valence-corrected chi connectivity index (χ2v) is 5.71. The Balaban J connectivity index is 2.40. The van der Waals surface area contributed by atoms with Gasteiger partial charge in [-0.2, -0.15) is 0 Å². The maximum atomic E-state index is 9.57. The van der Waals surface area contributed by atoms with E-state index < -0.39 is 0 Å². The smallest absolute Gasteiger partial charge is 0.0487 e. The highest BCUT2D eigenvalue weighted by molar-refractivity contribution is 4.91. The van der Waals surface area contributed by atoms with Crippen molar-refractivity contribution in [1.29, 1.82) is 0 Å². The minimum atomic E-state index is 0.231. The second-order valence-electron chi connectivity index (χ2n) is 5.71. The Kier molecular flexibility index (Phi) is 5.11. The van der Waals surface area contributed by atoms with Crippen molar-refractivity contribution < 1.29 is 5.11 Å². The molecule has 0 bridgehead atoms. The summed E-state index contributed by atoms with van der Waals surface area (Å²) in [7, 11) is 0. The third-order valence-electron chi connectivity index (χ3n) is 4.22. The summed E-state index contributed by atoms with van der Waals surface area (Å²) in [6.45, 7) is 7.24. The van der Waals surface area contributed by atoms with Gasteiger partial charge in [-0.1, -0.05) is 46.5 Å². The van der Waals surface area contributed by atoms with Gasteiger partial charge < -0.3 is 5.11 Å². The molecule has 1 saturated carbocycles. The molecule has 90 valence electrons. The van der Waals surface area contributed by atoms with Gasteiger partial charge in [-0.05, 0) is 36.5 Å². The fraction of sp³-hybridized carbons (Fsp3) is 1.00. The molecule has 0 aliphatic heterocycles. The van der Waals surface area contributed by atoms with Crippen LogP contribution in [-0.4, -0.2) is 11.7 Å². The SMILES string of the molecule is CCCCC(CC)CC(C)(CO)C1CC1. The zero-order valence-electron chi connectivity index (χ0n) is 10.8. The van der Waals surface area contributed by atoms with Crippen molar-refractivity contribution in [3.8, 4) is 0 Å². The summed E-state index contributed by atoms with van der Waals surface area (Å²) >= 11 is 0. The normalized spacial score (nSPS) is 22.4. The summed E-state index contributed by atoms with van der Waals surface area (Å²) < 4.78 is 0. The van der Waals surface area contributed by atoms with E-state index in [1.165, 1.54) is 44.9 Å². The third kappa shape index (κ3) is 3.79. The van der Waals surface area contributed by atoms with Crippen LogP contribution in [0, 0.1) is 17.3 Å². The molecule has 0 saturated heterocycles. The van der Waals surface area contributed by atoms with Crippen LogP contribution in [0.15, 0.2) is 0 Å². The summed E-state index contributed by atoms with van der Waals surface area (Å²) in [4.78, 5) is 0. The molecule has 2 unspecified atom stereocenters. The van der Waals surface area contributed by atoms with Crippen LogP contribution in [0.1, 0.15) is 65.7 Å². The number of hydrogen-bond acceptors (Lipinski definition) is 1. The number of aliphatic hydroxyl groups excluding tert-OH is 1. The number of unbranched alkanes of at least 4 members (excludes halogenated alkanes) is 1. The molecule has 0 aromatic carbocycles. The largest absolute Gasteiger partial charge is 0.396 e. The first kappa shape index (κ1) is 13.0. The molecule has 0 radical (unpaired) electrons. The molecule has 0 amide bonds. The van der Waals surface area contributed by atoms with Crippen molar-refractivity contribution in [2.75, 3.05) is 6.61 Å². The van der Waals surface area contributed by atoms with Gasteiger partial charge in [0, 0.05) is 6.61 Å². The summed E-state index contributed by atoms with van der Waals surface area (Å²) in [6, 6.07) is 0. The lowest BCUT2D eigenvalue weighted by atomic mass is 9.75. The quantitative estimate of drug-likeness (QED) is 0.644. The van der Waals surface area contributed by atoms with Gasteiger partial charge in [0.1, 0.15) is 0 Å². The van der Waals surface area contributed by atoms with E-state index in [4.69, 9.17) is 0 Å². The molecule has 1 N–H and O–H groups in total. The van der Waals surface area contributed by atoms with Crippen LogP contribution < -0.4 is 0 Å². The topological polar surface area (TPSA) is 20.2 Å². The summed E-state index contributed by atoms with van der Waals surface area (Å²) in [5.41, 5.74) is 0.231. The summed E-state index contributed by atoms with van der Waals surface area (Å²) in [5, 5.41) is 9.57. The van der Waals surface area contributed by atoms with Gasteiger partial charge in [-0.3, -0.25) is 0 Å². The zero-order valence-corrected chi connectivity index (χ0v) is 10.8. The average molecular weight is 212 g/mol.